The first-order chi connectivity index (χ1) is 10.2. The minimum absolute atomic E-state index is 0.318. The summed E-state index contributed by atoms with van der Waals surface area (Å²) in [4.78, 5) is 10.8. The number of rotatable bonds is 2. The molecule has 0 amide bonds. The van der Waals surface area contributed by atoms with Crippen molar-refractivity contribution in [3.8, 4) is 0 Å². The standard InChI is InChI=1S/C15H26BN3O2S/c1-11-12(16-20-14(2,3)15(4,5)21-16)17-13(22-11)19-9-7-18(6)8-10-19/h7-10H2,1-6H3. The molecule has 122 valence electrons. The Hall–Kier alpha value is -0.625. The Kier molecular flexibility index (Phi) is 4.04. The van der Waals surface area contributed by atoms with E-state index in [-0.39, 0.29) is 18.3 Å². The Bertz CT molecular complexity index is 537. The molecule has 0 bridgehead atoms. The fraction of sp³-hybridized carbons (Fsp3) is 0.800. The first-order valence-electron chi connectivity index (χ1n) is 7.96. The third kappa shape index (κ3) is 2.80. The maximum atomic E-state index is 6.14. The molecule has 2 saturated heterocycles. The number of thiazole rings is 1. The molecule has 2 fully saturated rings. The molecule has 2 aliphatic heterocycles. The van der Waals surface area contributed by atoms with E-state index in [2.05, 4.69) is 51.5 Å². The highest BCUT2D eigenvalue weighted by atomic mass is 32.1. The molecule has 22 heavy (non-hydrogen) atoms. The van der Waals surface area contributed by atoms with Crippen LogP contribution in [0.1, 0.15) is 32.6 Å². The molecule has 5 nitrogen and oxygen atoms in total. The second kappa shape index (κ2) is 5.48. The zero-order valence-corrected chi connectivity index (χ0v) is 15.3. The molecule has 1 aromatic heterocycles. The average Bonchev–Trinajstić information content (AvgIpc) is 2.89. The van der Waals surface area contributed by atoms with Gasteiger partial charge in [0.25, 0.3) is 0 Å². The minimum Gasteiger partial charge on any atom is -0.398 e. The van der Waals surface area contributed by atoms with Gasteiger partial charge in [-0.3, -0.25) is 0 Å². The van der Waals surface area contributed by atoms with Crippen molar-refractivity contribution in [1.82, 2.24) is 9.88 Å². The van der Waals surface area contributed by atoms with Gasteiger partial charge in [0.15, 0.2) is 5.13 Å². The number of hydrogen-bond acceptors (Lipinski definition) is 6. The Balaban J connectivity index is 1.79. The molecule has 0 aliphatic carbocycles. The Morgan fingerprint density at radius 3 is 2.14 bits per heavy atom. The Labute approximate surface area is 137 Å². The minimum atomic E-state index is -0.359. The van der Waals surface area contributed by atoms with E-state index in [1.165, 1.54) is 4.88 Å². The lowest BCUT2D eigenvalue weighted by Gasteiger charge is -2.32. The zero-order chi connectivity index (χ0) is 16.1. The van der Waals surface area contributed by atoms with Crippen molar-refractivity contribution < 1.29 is 9.31 Å². The highest BCUT2D eigenvalue weighted by molar-refractivity contribution is 7.16. The summed E-state index contributed by atoms with van der Waals surface area (Å²) >= 11 is 1.75. The van der Waals surface area contributed by atoms with Crippen LogP contribution in [0.25, 0.3) is 0 Å². The fourth-order valence-electron chi connectivity index (χ4n) is 2.70. The van der Waals surface area contributed by atoms with Crippen molar-refractivity contribution in [2.75, 3.05) is 38.1 Å². The van der Waals surface area contributed by atoms with Gasteiger partial charge in [0, 0.05) is 31.1 Å². The molecule has 0 N–H and O–H groups in total. The lowest BCUT2D eigenvalue weighted by Crippen LogP contribution is -2.45. The van der Waals surface area contributed by atoms with E-state index in [1.54, 1.807) is 11.3 Å². The molecule has 0 saturated carbocycles. The predicted octanol–water partition coefficient (Wildman–Crippen LogP) is 1.50. The van der Waals surface area contributed by atoms with Gasteiger partial charge in [0.05, 0.1) is 16.8 Å². The molecule has 0 aromatic carbocycles. The molecule has 7 heteroatoms. The molecular weight excluding hydrogens is 297 g/mol. The Morgan fingerprint density at radius 1 is 1.05 bits per heavy atom. The van der Waals surface area contributed by atoms with Gasteiger partial charge in [-0.05, 0) is 41.7 Å². The van der Waals surface area contributed by atoms with Crippen LogP contribution in [0, 0.1) is 6.92 Å². The SMILES string of the molecule is Cc1sc(N2CCN(C)CC2)nc1B1OC(C)(C)C(C)(C)O1. The maximum absolute atomic E-state index is 6.14. The van der Waals surface area contributed by atoms with Crippen molar-refractivity contribution >= 4 is 29.2 Å². The third-order valence-electron chi connectivity index (χ3n) is 5.07. The summed E-state index contributed by atoms with van der Waals surface area (Å²) in [6.07, 6.45) is 0. The summed E-state index contributed by atoms with van der Waals surface area (Å²) in [5.41, 5.74) is 0.307. The van der Waals surface area contributed by atoms with Crippen LogP contribution in [0.15, 0.2) is 0 Å². The number of hydrogen-bond donors (Lipinski definition) is 0. The van der Waals surface area contributed by atoms with E-state index >= 15 is 0 Å². The molecule has 1 aromatic rings. The van der Waals surface area contributed by atoms with Crippen LogP contribution in [0.3, 0.4) is 0 Å². The van der Waals surface area contributed by atoms with Crippen molar-refractivity contribution in [2.24, 2.45) is 0 Å². The summed E-state index contributed by atoms with van der Waals surface area (Å²) in [6, 6.07) is 0. The van der Waals surface area contributed by atoms with Gasteiger partial charge in [-0.1, -0.05) is 0 Å². The second-order valence-electron chi connectivity index (χ2n) is 7.32. The molecule has 0 radical (unpaired) electrons. The van der Waals surface area contributed by atoms with E-state index < -0.39 is 0 Å². The van der Waals surface area contributed by atoms with Crippen molar-refractivity contribution in [3.05, 3.63) is 4.88 Å². The molecule has 3 rings (SSSR count). The average molecular weight is 323 g/mol. The zero-order valence-electron chi connectivity index (χ0n) is 14.5. The summed E-state index contributed by atoms with van der Waals surface area (Å²) in [5, 5.41) is 1.09. The van der Waals surface area contributed by atoms with Crippen molar-refractivity contribution in [3.63, 3.8) is 0 Å². The summed E-state index contributed by atoms with van der Waals surface area (Å²) in [5.74, 6) is 0. The van der Waals surface area contributed by atoms with Crippen LogP contribution in [0.4, 0.5) is 5.13 Å². The van der Waals surface area contributed by atoms with Crippen LogP contribution in [0.2, 0.25) is 0 Å². The molecule has 0 atom stereocenters. The van der Waals surface area contributed by atoms with Crippen LogP contribution >= 0.6 is 11.3 Å². The molecule has 3 heterocycles. The van der Waals surface area contributed by atoms with Gasteiger partial charge in [0.2, 0.25) is 0 Å². The number of aryl methyl sites for hydroxylation is 1. The number of likely N-dealkylation sites (N-methyl/N-ethyl adjacent to an activating group) is 1. The predicted molar refractivity (Wildman–Crippen MR) is 92.3 cm³/mol. The maximum Gasteiger partial charge on any atom is 0.515 e. The van der Waals surface area contributed by atoms with Crippen molar-refractivity contribution in [2.45, 2.75) is 45.8 Å². The summed E-state index contributed by atoms with van der Waals surface area (Å²) in [6.45, 7) is 14.7. The van der Waals surface area contributed by atoms with Gasteiger partial charge in [-0.25, -0.2) is 4.98 Å². The molecule has 0 unspecified atom stereocenters. The van der Waals surface area contributed by atoms with E-state index in [1.807, 2.05) is 0 Å². The third-order valence-corrected chi connectivity index (χ3v) is 6.12. The molecule has 0 spiro atoms. The topological polar surface area (TPSA) is 37.8 Å². The van der Waals surface area contributed by atoms with Crippen LogP contribution in [0.5, 0.6) is 0 Å². The quantitative estimate of drug-likeness (QED) is 0.771. The first kappa shape index (κ1) is 16.2. The monoisotopic (exact) mass is 323 g/mol. The largest absolute Gasteiger partial charge is 0.515 e. The van der Waals surface area contributed by atoms with Gasteiger partial charge in [0.1, 0.15) is 0 Å². The smallest absolute Gasteiger partial charge is 0.398 e. The summed E-state index contributed by atoms with van der Waals surface area (Å²) < 4.78 is 12.3. The van der Waals surface area contributed by atoms with Crippen LogP contribution < -0.4 is 10.5 Å². The van der Waals surface area contributed by atoms with E-state index in [0.717, 1.165) is 36.9 Å². The number of aromatic nitrogens is 1. The van der Waals surface area contributed by atoms with Crippen LogP contribution in [-0.4, -0.2) is 61.4 Å². The number of nitrogens with zero attached hydrogens (tertiary/aromatic N) is 3. The van der Waals surface area contributed by atoms with Crippen molar-refractivity contribution in [1.29, 1.82) is 0 Å². The highest BCUT2D eigenvalue weighted by Gasteiger charge is 2.53. The van der Waals surface area contributed by atoms with Gasteiger partial charge in [-0.15, -0.1) is 11.3 Å². The lowest BCUT2D eigenvalue weighted by molar-refractivity contribution is 0.00578. The number of anilines is 1. The van der Waals surface area contributed by atoms with Gasteiger partial charge in [-0.2, -0.15) is 0 Å². The fourth-order valence-corrected chi connectivity index (χ4v) is 3.68. The van der Waals surface area contributed by atoms with Crippen LogP contribution in [-0.2, 0) is 9.31 Å². The molecule has 2 aliphatic rings. The second-order valence-corrected chi connectivity index (χ2v) is 8.50. The van der Waals surface area contributed by atoms with E-state index in [4.69, 9.17) is 14.3 Å². The normalized spacial score (nSPS) is 25.0. The van der Waals surface area contributed by atoms with E-state index in [9.17, 15) is 0 Å². The summed E-state index contributed by atoms with van der Waals surface area (Å²) in [7, 11) is 1.81. The first-order valence-corrected chi connectivity index (χ1v) is 8.78. The van der Waals surface area contributed by atoms with Gasteiger partial charge < -0.3 is 19.1 Å². The lowest BCUT2D eigenvalue weighted by atomic mass is 9.84. The highest BCUT2D eigenvalue weighted by Crippen LogP contribution is 2.37. The molecular formula is C15H26BN3O2S. The van der Waals surface area contributed by atoms with E-state index in [0.29, 0.717) is 0 Å². The van der Waals surface area contributed by atoms with Gasteiger partial charge >= 0.3 is 7.12 Å². The number of piperazine rings is 1. The Morgan fingerprint density at radius 2 is 1.59 bits per heavy atom.